The normalized spacial score (nSPS) is 10.3. The van der Waals surface area contributed by atoms with Crippen molar-refractivity contribution in [1.82, 2.24) is 0 Å². The van der Waals surface area contributed by atoms with E-state index in [0.29, 0.717) is 5.56 Å². The molecule has 0 spiro atoms. The van der Waals surface area contributed by atoms with Crippen molar-refractivity contribution in [3.8, 4) is 34.1 Å². The zero-order valence-corrected chi connectivity index (χ0v) is 16.1. The average molecular weight is 356 g/mol. The summed E-state index contributed by atoms with van der Waals surface area (Å²) in [7, 11) is 0. The third-order valence-corrected chi connectivity index (χ3v) is 4.79. The van der Waals surface area contributed by atoms with Crippen LogP contribution in [-0.2, 0) is 6.42 Å². The van der Waals surface area contributed by atoms with Gasteiger partial charge in [0.25, 0.3) is 0 Å². The molecule has 0 aromatic heterocycles. The number of hydrogen-bond donors (Lipinski definition) is 0. The van der Waals surface area contributed by atoms with Gasteiger partial charge in [0.15, 0.2) is 0 Å². The second-order valence-electron chi connectivity index (χ2n) is 6.80. The first kappa shape index (κ1) is 18.9. The predicted molar refractivity (Wildman–Crippen MR) is 113 cm³/mol. The van der Waals surface area contributed by atoms with Crippen molar-refractivity contribution in [1.29, 1.82) is 0 Å². The molecule has 0 heterocycles. The summed E-state index contributed by atoms with van der Waals surface area (Å²) in [4.78, 5) is 0. The van der Waals surface area contributed by atoms with Crippen LogP contribution in [0.25, 0.3) is 22.3 Å². The van der Waals surface area contributed by atoms with Crippen LogP contribution in [0.3, 0.4) is 0 Å². The third kappa shape index (κ3) is 4.86. The fourth-order valence-corrected chi connectivity index (χ4v) is 3.26. The van der Waals surface area contributed by atoms with E-state index in [-0.39, 0.29) is 5.82 Å². The lowest BCUT2D eigenvalue weighted by Gasteiger charge is -2.08. The number of unbranched alkanes of at least 4 members (excludes halogenated alkanes) is 2. The molecule has 0 bridgehead atoms. The Hall–Kier alpha value is -2.85. The third-order valence-electron chi connectivity index (χ3n) is 4.79. The van der Waals surface area contributed by atoms with Crippen LogP contribution in [-0.4, -0.2) is 0 Å². The molecular weight excluding hydrogens is 331 g/mol. The van der Waals surface area contributed by atoms with E-state index in [1.54, 1.807) is 6.07 Å². The van der Waals surface area contributed by atoms with Crippen molar-refractivity contribution in [2.45, 2.75) is 39.5 Å². The Morgan fingerprint density at radius 2 is 1.41 bits per heavy atom. The molecule has 3 aromatic carbocycles. The van der Waals surface area contributed by atoms with Gasteiger partial charge in [-0.2, -0.15) is 0 Å². The van der Waals surface area contributed by atoms with Gasteiger partial charge >= 0.3 is 0 Å². The van der Waals surface area contributed by atoms with Gasteiger partial charge in [0.1, 0.15) is 5.82 Å². The van der Waals surface area contributed by atoms with Crippen LogP contribution in [0.1, 0.15) is 44.2 Å². The van der Waals surface area contributed by atoms with Crippen LogP contribution in [0.5, 0.6) is 0 Å². The van der Waals surface area contributed by atoms with E-state index in [9.17, 15) is 4.39 Å². The van der Waals surface area contributed by atoms with E-state index in [0.717, 1.165) is 40.7 Å². The monoisotopic (exact) mass is 356 g/mol. The van der Waals surface area contributed by atoms with Gasteiger partial charge in [0, 0.05) is 11.1 Å². The standard InChI is InChI=1S/C26H25F/c1-3-5-6-8-21-11-18-25(26(27)19-21)24-16-14-23(15-17-24)22-12-9-20(7-4-2)10-13-22/h9-19H,3,5-6,8H2,1-2H3. The lowest BCUT2D eigenvalue weighted by atomic mass is 9.97. The van der Waals surface area contributed by atoms with E-state index in [2.05, 4.69) is 37.0 Å². The zero-order valence-electron chi connectivity index (χ0n) is 16.1. The van der Waals surface area contributed by atoms with Gasteiger partial charge in [-0.1, -0.05) is 74.2 Å². The highest BCUT2D eigenvalue weighted by molar-refractivity contribution is 5.71. The minimum atomic E-state index is -0.140. The Morgan fingerprint density at radius 3 is 2.00 bits per heavy atom. The van der Waals surface area contributed by atoms with Gasteiger partial charge in [0.05, 0.1) is 0 Å². The second-order valence-corrected chi connectivity index (χ2v) is 6.80. The summed E-state index contributed by atoms with van der Waals surface area (Å²) in [6, 6.07) is 21.9. The summed E-state index contributed by atoms with van der Waals surface area (Å²) < 4.78 is 14.6. The van der Waals surface area contributed by atoms with E-state index < -0.39 is 0 Å². The maximum atomic E-state index is 14.6. The highest BCUT2D eigenvalue weighted by Gasteiger charge is 2.07. The van der Waals surface area contributed by atoms with Gasteiger partial charge in [-0.05, 0) is 60.2 Å². The molecule has 0 fully saturated rings. The first-order valence-corrected chi connectivity index (χ1v) is 9.63. The Labute approximate surface area is 162 Å². The lowest BCUT2D eigenvalue weighted by molar-refractivity contribution is 0.626. The van der Waals surface area contributed by atoms with Crippen LogP contribution in [0.4, 0.5) is 4.39 Å². The molecule has 0 saturated heterocycles. The average Bonchev–Trinajstić information content (AvgIpc) is 2.69. The van der Waals surface area contributed by atoms with E-state index in [4.69, 9.17) is 0 Å². The molecule has 0 aliphatic carbocycles. The van der Waals surface area contributed by atoms with Gasteiger partial charge in [-0.25, -0.2) is 4.39 Å². The summed E-state index contributed by atoms with van der Waals surface area (Å²) in [6.07, 6.45) is 4.44. The highest BCUT2D eigenvalue weighted by Crippen LogP contribution is 2.27. The molecule has 136 valence electrons. The smallest absolute Gasteiger partial charge is 0.131 e. The molecule has 0 unspecified atom stereocenters. The maximum Gasteiger partial charge on any atom is 0.131 e. The van der Waals surface area contributed by atoms with Crippen molar-refractivity contribution < 1.29 is 4.39 Å². The number of halogens is 1. The highest BCUT2D eigenvalue weighted by atomic mass is 19.1. The fourth-order valence-electron chi connectivity index (χ4n) is 3.26. The van der Waals surface area contributed by atoms with Crippen LogP contribution in [0, 0.1) is 17.7 Å². The number of aryl methyl sites for hydroxylation is 1. The SMILES string of the molecule is CC#Cc1ccc(-c2ccc(-c3ccc(CCCCC)cc3F)cc2)cc1. The number of hydrogen-bond acceptors (Lipinski definition) is 0. The van der Waals surface area contributed by atoms with Crippen LogP contribution >= 0.6 is 0 Å². The molecule has 0 N–H and O–H groups in total. The quantitative estimate of drug-likeness (QED) is 0.322. The molecule has 0 aliphatic rings. The van der Waals surface area contributed by atoms with Crippen molar-refractivity contribution in [2.75, 3.05) is 0 Å². The number of rotatable bonds is 6. The van der Waals surface area contributed by atoms with Crippen LogP contribution in [0.15, 0.2) is 66.7 Å². The van der Waals surface area contributed by atoms with E-state index in [1.165, 1.54) is 12.8 Å². The molecule has 0 atom stereocenters. The van der Waals surface area contributed by atoms with Gasteiger partial charge in [-0.15, -0.1) is 5.92 Å². The molecule has 3 rings (SSSR count). The minimum absolute atomic E-state index is 0.140. The molecular formula is C26H25F. The Morgan fingerprint density at radius 1 is 0.778 bits per heavy atom. The fraction of sp³-hybridized carbons (Fsp3) is 0.231. The summed E-state index contributed by atoms with van der Waals surface area (Å²) in [6.45, 7) is 4.02. The summed E-state index contributed by atoms with van der Waals surface area (Å²) in [5.74, 6) is 5.82. The van der Waals surface area contributed by atoms with E-state index in [1.807, 2.05) is 49.4 Å². The van der Waals surface area contributed by atoms with Gasteiger partial charge < -0.3 is 0 Å². The minimum Gasteiger partial charge on any atom is -0.206 e. The summed E-state index contributed by atoms with van der Waals surface area (Å²) in [5, 5.41) is 0. The molecule has 0 saturated carbocycles. The zero-order chi connectivity index (χ0) is 19.1. The second kappa shape index (κ2) is 9.19. The molecule has 3 aromatic rings. The largest absolute Gasteiger partial charge is 0.206 e. The topological polar surface area (TPSA) is 0 Å². The lowest BCUT2D eigenvalue weighted by Crippen LogP contribution is -1.90. The van der Waals surface area contributed by atoms with Crippen LogP contribution in [0.2, 0.25) is 0 Å². The molecule has 0 radical (unpaired) electrons. The predicted octanol–water partition coefficient (Wildman–Crippen LogP) is 7.26. The molecule has 27 heavy (non-hydrogen) atoms. The Bertz CT molecular complexity index is 938. The van der Waals surface area contributed by atoms with E-state index >= 15 is 0 Å². The Balaban J connectivity index is 1.77. The van der Waals surface area contributed by atoms with Crippen molar-refractivity contribution in [3.63, 3.8) is 0 Å². The first-order valence-electron chi connectivity index (χ1n) is 9.63. The van der Waals surface area contributed by atoms with Crippen molar-refractivity contribution in [3.05, 3.63) is 83.7 Å². The van der Waals surface area contributed by atoms with Crippen LogP contribution < -0.4 is 0 Å². The Kier molecular flexibility index (Phi) is 6.44. The van der Waals surface area contributed by atoms with Gasteiger partial charge in [-0.3, -0.25) is 0 Å². The molecule has 0 aliphatic heterocycles. The maximum absolute atomic E-state index is 14.6. The first-order chi connectivity index (χ1) is 13.2. The van der Waals surface area contributed by atoms with Crippen molar-refractivity contribution >= 4 is 0 Å². The van der Waals surface area contributed by atoms with Gasteiger partial charge in [0.2, 0.25) is 0 Å². The molecule has 1 heteroatoms. The van der Waals surface area contributed by atoms with Crippen molar-refractivity contribution in [2.24, 2.45) is 0 Å². The molecule has 0 nitrogen and oxygen atoms in total. The summed E-state index contributed by atoms with van der Waals surface area (Å²) in [5.41, 5.74) is 5.91. The molecule has 0 amide bonds. The number of benzene rings is 3. The summed E-state index contributed by atoms with van der Waals surface area (Å²) >= 11 is 0.